The first-order chi connectivity index (χ1) is 11.5. The van der Waals surface area contributed by atoms with Gasteiger partial charge in [0.05, 0.1) is 18.4 Å². The standard InChI is InChI=1S/C15H12ClF2N5O/c16-11-3-1-2-10(6-11)8-22-9-12(7-19-22)20-14(24)13-4-5-23(21-13)15(17)18/h1-7,9,15H,8H2,(H,20,24). The number of nitrogens with zero attached hydrogens (tertiary/aromatic N) is 4. The third-order valence-electron chi connectivity index (χ3n) is 3.17. The fourth-order valence-electron chi connectivity index (χ4n) is 2.10. The number of halogens is 3. The van der Waals surface area contributed by atoms with Crippen molar-refractivity contribution in [3.05, 3.63) is 65.2 Å². The number of carbonyl (C=O) groups excluding carboxylic acids is 1. The summed E-state index contributed by atoms with van der Waals surface area (Å²) in [5.41, 5.74) is 1.30. The number of rotatable bonds is 5. The predicted molar refractivity (Wildman–Crippen MR) is 84.2 cm³/mol. The Kier molecular flexibility index (Phi) is 4.57. The summed E-state index contributed by atoms with van der Waals surface area (Å²) < 4.78 is 26.9. The third-order valence-corrected chi connectivity index (χ3v) is 3.40. The zero-order chi connectivity index (χ0) is 17.1. The lowest BCUT2D eigenvalue weighted by Gasteiger charge is -2.02. The summed E-state index contributed by atoms with van der Waals surface area (Å²) in [4.78, 5) is 12.0. The molecule has 24 heavy (non-hydrogen) atoms. The van der Waals surface area contributed by atoms with Crippen molar-refractivity contribution in [3.8, 4) is 0 Å². The molecule has 0 aliphatic rings. The van der Waals surface area contributed by atoms with Crippen LogP contribution in [0, 0.1) is 0 Å². The molecule has 1 aromatic carbocycles. The Morgan fingerprint density at radius 2 is 2.17 bits per heavy atom. The molecule has 3 rings (SSSR count). The van der Waals surface area contributed by atoms with Crippen molar-refractivity contribution in [2.75, 3.05) is 5.32 Å². The maximum absolute atomic E-state index is 12.5. The normalized spacial score (nSPS) is 11.0. The molecule has 0 bridgehead atoms. The summed E-state index contributed by atoms with van der Waals surface area (Å²) in [6, 6.07) is 8.56. The van der Waals surface area contributed by atoms with Gasteiger partial charge in [-0.15, -0.1) is 0 Å². The highest BCUT2D eigenvalue weighted by Gasteiger charge is 2.14. The van der Waals surface area contributed by atoms with Crippen LogP contribution in [0.3, 0.4) is 0 Å². The second kappa shape index (κ2) is 6.79. The average molecular weight is 352 g/mol. The number of alkyl halides is 2. The number of hydrogen-bond donors (Lipinski definition) is 1. The quantitative estimate of drug-likeness (QED) is 0.766. The lowest BCUT2D eigenvalue weighted by molar-refractivity contribution is 0.0561. The highest BCUT2D eigenvalue weighted by atomic mass is 35.5. The largest absolute Gasteiger partial charge is 0.333 e. The van der Waals surface area contributed by atoms with Gasteiger partial charge in [-0.05, 0) is 23.8 Å². The third kappa shape index (κ3) is 3.77. The molecule has 1 N–H and O–H groups in total. The van der Waals surface area contributed by atoms with Crippen LogP contribution in [-0.4, -0.2) is 25.5 Å². The van der Waals surface area contributed by atoms with Gasteiger partial charge in [0.25, 0.3) is 5.91 Å². The smallest absolute Gasteiger partial charge is 0.318 e. The van der Waals surface area contributed by atoms with Crippen LogP contribution in [0.2, 0.25) is 5.02 Å². The van der Waals surface area contributed by atoms with Gasteiger partial charge in [-0.3, -0.25) is 9.48 Å². The summed E-state index contributed by atoms with van der Waals surface area (Å²) in [6.07, 6.45) is 4.14. The van der Waals surface area contributed by atoms with Crippen LogP contribution in [0.25, 0.3) is 0 Å². The van der Waals surface area contributed by atoms with E-state index in [0.717, 1.165) is 11.8 Å². The van der Waals surface area contributed by atoms with E-state index in [1.54, 1.807) is 16.9 Å². The van der Waals surface area contributed by atoms with E-state index >= 15 is 0 Å². The Balaban J connectivity index is 1.66. The van der Waals surface area contributed by atoms with Gasteiger partial charge in [0.15, 0.2) is 5.69 Å². The lowest BCUT2D eigenvalue weighted by atomic mass is 10.2. The van der Waals surface area contributed by atoms with E-state index in [1.807, 2.05) is 18.2 Å². The van der Waals surface area contributed by atoms with Crippen molar-refractivity contribution in [2.24, 2.45) is 0 Å². The van der Waals surface area contributed by atoms with E-state index in [9.17, 15) is 13.6 Å². The van der Waals surface area contributed by atoms with Gasteiger partial charge < -0.3 is 5.32 Å². The van der Waals surface area contributed by atoms with Crippen LogP contribution >= 0.6 is 11.6 Å². The topological polar surface area (TPSA) is 64.7 Å². The van der Waals surface area contributed by atoms with E-state index in [2.05, 4.69) is 15.5 Å². The number of carbonyl (C=O) groups is 1. The zero-order valence-electron chi connectivity index (χ0n) is 12.2. The molecule has 0 fully saturated rings. The summed E-state index contributed by atoms with van der Waals surface area (Å²) in [5.74, 6) is -0.586. The van der Waals surface area contributed by atoms with Crippen molar-refractivity contribution in [1.82, 2.24) is 19.6 Å². The van der Waals surface area contributed by atoms with Gasteiger partial charge in [0.2, 0.25) is 0 Å². The number of amides is 1. The zero-order valence-corrected chi connectivity index (χ0v) is 13.0. The van der Waals surface area contributed by atoms with Crippen LogP contribution in [0.5, 0.6) is 0 Å². The molecule has 0 spiro atoms. The van der Waals surface area contributed by atoms with Crippen molar-refractivity contribution in [1.29, 1.82) is 0 Å². The minimum absolute atomic E-state index is 0.0992. The first-order valence-corrected chi connectivity index (χ1v) is 7.30. The minimum Gasteiger partial charge on any atom is -0.318 e. The van der Waals surface area contributed by atoms with Gasteiger partial charge in [-0.1, -0.05) is 23.7 Å². The Bertz CT molecular complexity index is 861. The molecule has 9 heteroatoms. The van der Waals surface area contributed by atoms with Crippen molar-refractivity contribution < 1.29 is 13.6 Å². The predicted octanol–water partition coefficient (Wildman–Crippen LogP) is 3.43. The molecule has 3 aromatic rings. The summed E-state index contributed by atoms with van der Waals surface area (Å²) in [7, 11) is 0. The van der Waals surface area contributed by atoms with Crippen molar-refractivity contribution in [3.63, 3.8) is 0 Å². The maximum atomic E-state index is 12.5. The fourth-order valence-corrected chi connectivity index (χ4v) is 2.31. The molecular weight excluding hydrogens is 340 g/mol. The molecule has 0 unspecified atom stereocenters. The number of benzene rings is 1. The van der Waals surface area contributed by atoms with Crippen molar-refractivity contribution >= 4 is 23.2 Å². The first kappa shape index (κ1) is 16.1. The summed E-state index contributed by atoms with van der Waals surface area (Å²) in [5, 5.41) is 10.8. The Morgan fingerprint density at radius 1 is 1.33 bits per heavy atom. The number of anilines is 1. The molecule has 1 amide bonds. The number of aromatic nitrogens is 4. The molecule has 0 atom stereocenters. The maximum Gasteiger partial charge on any atom is 0.333 e. The lowest BCUT2D eigenvalue weighted by Crippen LogP contribution is -2.13. The van der Waals surface area contributed by atoms with Gasteiger partial charge >= 0.3 is 6.55 Å². The monoisotopic (exact) mass is 351 g/mol. The molecule has 2 aromatic heterocycles. The molecule has 0 aliphatic carbocycles. The van der Waals surface area contributed by atoms with E-state index in [-0.39, 0.29) is 5.69 Å². The summed E-state index contributed by atoms with van der Waals surface area (Å²) in [6.45, 7) is -2.30. The van der Waals surface area contributed by atoms with Crippen LogP contribution in [0.4, 0.5) is 14.5 Å². The minimum atomic E-state index is -2.79. The second-order valence-corrected chi connectivity index (χ2v) is 5.41. The van der Waals surface area contributed by atoms with Gasteiger partial charge in [0.1, 0.15) is 0 Å². The summed E-state index contributed by atoms with van der Waals surface area (Å²) >= 11 is 5.93. The Labute approximate surface area is 140 Å². The molecule has 0 aliphatic heterocycles. The molecule has 0 saturated carbocycles. The molecule has 2 heterocycles. The van der Waals surface area contributed by atoms with Crippen LogP contribution in [0.15, 0.2) is 48.9 Å². The second-order valence-electron chi connectivity index (χ2n) is 4.97. The highest BCUT2D eigenvalue weighted by Crippen LogP contribution is 2.14. The van der Waals surface area contributed by atoms with E-state index in [0.29, 0.717) is 21.9 Å². The molecule has 6 nitrogen and oxygen atoms in total. The average Bonchev–Trinajstić information content (AvgIpc) is 3.17. The molecule has 0 saturated heterocycles. The van der Waals surface area contributed by atoms with Crippen LogP contribution in [-0.2, 0) is 6.54 Å². The molecule has 0 radical (unpaired) electrons. The first-order valence-electron chi connectivity index (χ1n) is 6.93. The number of hydrogen-bond acceptors (Lipinski definition) is 3. The highest BCUT2D eigenvalue weighted by molar-refractivity contribution is 6.30. The van der Waals surface area contributed by atoms with Gasteiger partial charge in [-0.25, -0.2) is 4.68 Å². The van der Waals surface area contributed by atoms with Crippen molar-refractivity contribution in [2.45, 2.75) is 13.1 Å². The number of nitrogens with one attached hydrogen (secondary N) is 1. The van der Waals surface area contributed by atoms with Gasteiger partial charge in [0, 0.05) is 17.4 Å². The van der Waals surface area contributed by atoms with Crippen LogP contribution < -0.4 is 5.32 Å². The SMILES string of the molecule is O=C(Nc1cnn(Cc2cccc(Cl)c2)c1)c1ccn(C(F)F)n1. The molecule has 124 valence electrons. The van der Waals surface area contributed by atoms with E-state index in [4.69, 9.17) is 11.6 Å². The van der Waals surface area contributed by atoms with Crippen LogP contribution in [0.1, 0.15) is 22.6 Å². The van der Waals surface area contributed by atoms with E-state index in [1.165, 1.54) is 12.3 Å². The Morgan fingerprint density at radius 3 is 2.88 bits per heavy atom. The van der Waals surface area contributed by atoms with Gasteiger partial charge in [-0.2, -0.15) is 19.0 Å². The Hall–Kier alpha value is -2.74. The van der Waals surface area contributed by atoms with E-state index < -0.39 is 12.5 Å². The fraction of sp³-hybridized carbons (Fsp3) is 0.133. The molecular formula is C15H12ClF2N5O.